The Balaban J connectivity index is 1.83. The molecular formula is C15H23N3O3S. The zero-order valence-electron chi connectivity index (χ0n) is 12.9. The van der Waals surface area contributed by atoms with E-state index in [1.54, 1.807) is 24.3 Å². The maximum atomic E-state index is 12.5. The molecule has 0 saturated carbocycles. The van der Waals surface area contributed by atoms with Gasteiger partial charge in [0.25, 0.3) is 0 Å². The van der Waals surface area contributed by atoms with E-state index in [-0.39, 0.29) is 5.91 Å². The molecule has 6 nitrogen and oxygen atoms in total. The van der Waals surface area contributed by atoms with Crippen LogP contribution in [0.5, 0.6) is 0 Å². The van der Waals surface area contributed by atoms with Crippen molar-refractivity contribution in [2.75, 3.05) is 39.3 Å². The number of carbonyl (C=O) groups excluding carboxylic acids is 1. The van der Waals surface area contributed by atoms with E-state index in [0.29, 0.717) is 44.0 Å². The van der Waals surface area contributed by atoms with Gasteiger partial charge in [0.2, 0.25) is 15.9 Å². The van der Waals surface area contributed by atoms with Crippen LogP contribution in [0.2, 0.25) is 0 Å². The molecule has 0 spiro atoms. The summed E-state index contributed by atoms with van der Waals surface area (Å²) in [4.78, 5) is 13.7. The molecule has 7 heteroatoms. The van der Waals surface area contributed by atoms with E-state index < -0.39 is 10.0 Å². The van der Waals surface area contributed by atoms with Crippen LogP contribution in [0.15, 0.2) is 35.2 Å². The molecule has 2 rings (SSSR count). The summed E-state index contributed by atoms with van der Waals surface area (Å²) in [5, 5.41) is 2.83. The Hall–Kier alpha value is -1.44. The summed E-state index contributed by atoms with van der Waals surface area (Å²) >= 11 is 0. The van der Waals surface area contributed by atoms with Crippen LogP contribution in [0.25, 0.3) is 0 Å². The number of sulfonamides is 1. The molecular weight excluding hydrogens is 302 g/mol. The van der Waals surface area contributed by atoms with Crippen LogP contribution in [0.3, 0.4) is 0 Å². The molecule has 0 aliphatic carbocycles. The largest absolute Gasteiger partial charge is 0.355 e. The molecule has 1 heterocycles. The average Bonchev–Trinajstić information content (AvgIpc) is 2.56. The summed E-state index contributed by atoms with van der Waals surface area (Å²) in [6, 6.07) is 8.53. The number of rotatable bonds is 6. The van der Waals surface area contributed by atoms with Gasteiger partial charge in [-0.15, -0.1) is 0 Å². The zero-order valence-corrected chi connectivity index (χ0v) is 13.7. The van der Waals surface area contributed by atoms with Crippen LogP contribution in [-0.2, 0) is 14.8 Å². The minimum Gasteiger partial charge on any atom is -0.355 e. The predicted molar refractivity (Wildman–Crippen MR) is 84.9 cm³/mol. The third-order valence-electron chi connectivity index (χ3n) is 3.78. The lowest BCUT2D eigenvalue weighted by atomic mass is 10.3. The van der Waals surface area contributed by atoms with Gasteiger partial charge in [-0.25, -0.2) is 8.42 Å². The molecule has 122 valence electrons. The van der Waals surface area contributed by atoms with E-state index in [1.807, 2.05) is 13.0 Å². The van der Waals surface area contributed by atoms with E-state index in [4.69, 9.17) is 0 Å². The van der Waals surface area contributed by atoms with Crippen LogP contribution in [-0.4, -0.2) is 62.8 Å². The Kier molecular flexibility index (Phi) is 5.93. The second kappa shape index (κ2) is 7.71. The molecule has 1 N–H and O–H groups in total. The fourth-order valence-electron chi connectivity index (χ4n) is 2.41. The molecule has 22 heavy (non-hydrogen) atoms. The topological polar surface area (TPSA) is 69.7 Å². The first-order valence-corrected chi connectivity index (χ1v) is 9.02. The molecule has 1 saturated heterocycles. The number of benzene rings is 1. The molecule has 1 amide bonds. The molecule has 0 unspecified atom stereocenters. The van der Waals surface area contributed by atoms with Gasteiger partial charge in [0.05, 0.1) is 4.90 Å². The van der Waals surface area contributed by atoms with Crippen molar-refractivity contribution in [1.29, 1.82) is 0 Å². The molecule has 1 aliphatic heterocycles. The second-order valence-electron chi connectivity index (χ2n) is 5.26. The molecule has 0 radical (unpaired) electrons. The number of hydrogen-bond acceptors (Lipinski definition) is 4. The van der Waals surface area contributed by atoms with E-state index in [2.05, 4.69) is 10.2 Å². The minimum absolute atomic E-state index is 0.0466. The minimum atomic E-state index is -3.39. The summed E-state index contributed by atoms with van der Waals surface area (Å²) in [7, 11) is -3.39. The highest BCUT2D eigenvalue weighted by Crippen LogP contribution is 2.16. The lowest BCUT2D eigenvalue weighted by Gasteiger charge is -2.33. The number of nitrogens with one attached hydrogen (secondary N) is 1. The molecule has 0 aromatic heterocycles. The Labute approximate surface area is 132 Å². The molecule has 0 bridgehead atoms. The van der Waals surface area contributed by atoms with Crippen molar-refractivity contribution in [2.24, 2.45) is 0 Å². The Morgan fingerprint density at radius 1 is 1.14 bits per heavy atom. The summed E-state index contributed by atoms with van der Waals surface area (Å²) < 4.78 is 26.5. The SMILES string of the molecule is CCC(=O)NCCN1CCN(S(=O)(=O)c2ccccc2)CC1. The van der Waals surface area contributed by atoms with E-state index in [1.165, 1.54) is 4.31 Å². The maximum Gasteiger partial charge on any atom is 0.243 e. The van der Waals surface area contributed by atoms with Gasteiger partial charge in [0, 0.05) is 45.7 Å². The fraction of sp³-hybridized carbons (Fsp3) is 0.533. The highest BCUT2D eigenvalue weighted by Gasteiger charge is 2.27. The number of amides is 1. The molecule has 0 atom stereocenters. The van der Waals surface area contributed by atoms with Crippen molar-refractivity contribution in [3.05, 3.63) is 30.3 Å². The number of carbonyl (C=O) groups is 1. The number of hydrogen-bond donors (Lipinski definition) is 1. The molecule has 1 fully saturated rings. The lowest BCUT2D eigenvalue weighted by molar-refractivity contribution is -0.120. The highest BCUT2D eigenvalue weighted by atomic mass is 32.2. The summed E-state index contributed by atoms with van der Waals surface area (Å²) in [6.45, 7) is 5.53. The Morgan fingerprint density at radius 3 is 2.36 bits per heavy atom. The van der Waals surface area contributed by atoms with E-state index >= 15 is 0 Å². The maximum absolute atomic E-state index is 12.5. The van der Waals surface area contributed by atoms with E-state index in [0.717, 1.165) is 6.54 Å². The first kappa shape index (κ1) is 16.9. The lowest BCUT2D eigenvalue weighted by Crippen LogP contribution is -2.50. The number of piperazine rings is 1. The van der Waals surface area contributed by atoms with Gasteiger partial charge >= 0.3 is 0 Å². The zero-order chi connectivity index (χ0) is 16.0. The van der Waals surface area contributed by atoms with Crippen molar-refractivity contribution < 1.29 is 13.2 Å². The van der Waals surface area contributed by atoms with E-state index in [9.17, 15) is 13.2 Å². The Bertz CT molecular complexity index is 581. The molecule has 1 aromatic rings. The standard InChI is InChI=1S/C15H23N3O3S/c1-2-15(19)16-8-9-17-10-12-18(13-11-17)22(20,21)14-6-4-3-5-7-14/h3-7H,2,8-13H2,1H3,(H,16,19). The third-order valence-corrected chi connectivity index (χ3v) is 5.70. The van der Waals surface area contributed by atoms with Crippen LogP contribution >= 0.6 is 0 Å². The highest BCUT2D eigenvalue weighted by molar-refractivity contribution is 7.89. The van der Waals surface area contributed by atoms with Crippen molar-refractivity contribution in [1.82, 2.24) is 14.5 Å². The summed E-state index contributed by atoms with van der Waals surface area (Å²) in [5.74, 6) is 0.0466. The van der Waals surface area contributed by atoms with Crippen LogP contribution in [0.4, 0.5) is 0 Å². The van der Waals surface area contributed by atoms with Gasteiger partial charge in [-0.1, -0.05) is 25.1 Å². The first-order valence-electron chi connectivity index (χ1n) is 7.58. The Morgan fingerprint density at radius 2 is 1.77 bits per heavy atom. The van der Waals surface area contributed by atoms with Crippen molar-refractivity contribution in [3.8, 4) is 0 Å². The fourth-order valence-corrected chi connectivity index (χ4v) is 3.86. The number of nitrogens with zero attached hydrogens (tertiary/aromatic N) is 2. The van der Waals surface area contributed by atoms with Crippen LogP contribution in [0.1, 0.15) is 13.3 Å². The normalized spacial score (nSPS) is 17.3. The predicted octanol–water partition coefficient (Wildman–Crippen LogP) is 0.519. The third kappa shape index (κ3) is 4.28. The van der Waals surface area contributed by atoms with Crippen molar-refractivity contribution >= 4 is 15.9 Å². The van der Waals surface area contributed by atoms with Crippen molar-refractivity contribution in [2.45, 2.75) is 18.2 Å². The van der Waals surface area contributed by atoms with Gasteiger partial charge in [-0.3, -0.25) is 9.69 Å². The van der Waals surface area contributed by atoms with Crippen LogP contribution < -0.4 is 5.32 Å². The first-order chi connectivity index (χ1) is 10.5. The van der Waals surface area contributed by atoms with Crippen LogP contribution in [0, 0.1) is 0 Å². The van der Waals surface area contributed by atoms with Gasteiger partial charge in [0.1, 0.15) is 0 Å². The monoisotopic (exact) mass is 325 g/mol. The summed E-state index contributed by atoms with van der Waals surface area (Å²) in [6.07, 6.45) is 0.489. The van der Waals surface area contributed by atoms with Gasteiger partial charge in [-0.2, -0.15) is 4.31 Å². The van der Waals surface area contributed by atoms with Gasteiger partial charge in [-0.05, 0) is 12.1 Å². The molecule has 1 aliphatic rings. The molecule has 1 aromatic carbocycles. The smallest absolute Gasteiger partial charge is 0.243 e. The second-order valence-corrected chi connectivity index (χ2v) is 7.20. The van der Waals surface area contributed by atoms with Gasteiger partial charge < -0.3 is 5.32 Å². The van der Waals surface area contributed by atoms with Gasteiger partial charge in [0.15, 0.2) is 0 Å². The average molecular weight is 325 g/mol. The quantitative estimate of drug-likeness (QED) is 0.828. The summed E-state index contributed by atoms with van der Waals surface area (Å²) in [5.41, 5.74) is 0. The van der Waals surface area contributed by atoms with Crippen molar-refractivity contribution in [3.63, 3.8) is 0 Å².